The summed E-state index contributed by atoms with van der Waals surface area (Å²) in [7, 11) is 0. The zero-order valence-corrected chi connectivity index (χ0v) is 21.8. The topological polar surface area (TPSA) is 159 Å². The number of hydrogen-bond acceptors (Lipinski definition) is 6. The minimum atomic E-state index is -1.18. The van der Waals surface area contributed by atoms with Crippen molar-refractivity contribution < 1.29 is 24.9 Å². The number of aliphatic hydroxyl groups is 2. The Labute approximate surface area is 229 Å². The van der Waals surface area contributed by atoms with Gasteiger partial charge in [0.2, 0.25) is 11.8 Å². The third-order valence-corrected chi connectivity index (χ3v) is 6.60. The highest BCUT2D eigenvalue weighted by Crippen LogP contribution is 2.17. The van der Waals surface area contributed by atoms with E-state index in [-0.39, 0.29) is 25.0 Å². The second kappa shape index (κ2) is 14.8. The number of primary amides is 1. The van der Waals surface area contributed by atoms with E-state index in [1.54, 1.807) is 30.3 Å². The number of aromatic hydroxyl groups is 1. The lowest BCUT2D eigenvalue weighted by atomic mass is 9.91. The molecule has 0 heterocycles. The smallest absolute Gasteiger partial charge is 0.240 e. The number of nitrogens with two attached hydrogens (primary N) is 2. The molecule has 0 aliphatic heterocycles. The number of nitrogens with one attached hydrogen (secondary N) is 1. The van der Waals surface area contributed by atoms with Gasteiger partial charge in [0.1, 0.15) is 11.8 Å². The van der Waals surface area contributed by atoms with Crippen molar-refractivity contribution in [2.24, 2.45) is 17.4 Å². The normalized spacial score (nSPS) is 15.3. The van der Waals surface area contributed by atoms with Gasteiger partial charge in [0.15, 0.2) is 0 Å². The maximum absolute atomic E-state index is 13.3. The van der Waals surface area contributed by atoms with Crippen molar-refractivity contribution in [3.05, 3.63) is 114 Å². The molecule has 0 aliphatic rings. The Morgan fingerprint density at radius 1 is 0.795 bits per heavy atom. The van der Waals surface area contributed by atoms with Gasteiger partial charge in [-0.25, -0.2) is 0 Å². The highest BCUT2D eigenvalue weighted by Gasteiger charge is 2.29. The van der Waals surface area contributed by atoms with Crippen LogP contribution in [0.4, 0.5) is 0 Å². The van der Waals surface area contributed by atoms with Crippen LogP contribution in [-0.2, 0) is 28.9 Å². The van der Waals surface area contributed by atoms with Crippen molar-refractivity contribution in [2.75, 3.05) is 0 Å². The fourth-order valence-corrected chi connectivity index (χ4v) is 4.29. The van der Waals surface area contributed by atoms with E-state index >= 15 is 0 Å². The summed E-state index contributed by atoms with van der Waals surface area (Å²) in [6.45, 7) is 0. The van der Waals surface area contributed by atoms with Gasteiger partial charge in [-0.05, 0) is 48.1 Å². The van der Waals surface area contributed by atoms with Crippen LogP contribution in [0.15, 0.2) is 97.1 Å². The molecule has 8 nitrogen and oxygen atoms in total. The van der Waals surface area contributed by atoms with E-state index in [4.69, 9.17) is 11.5 Å². The molecule has 0 aromatic heterocycles. The quantitative estimate of drug-likeness (QED) is 0.175. The lowest BCUT2D eigenvalue weighted by Gasteiger charge is -2.24. The Hall–Kier alpha value is -3.98. The zero-order valence-electron chi connectivity index (χ0n) is 21.8. The van der Waals surface area contributed by atoms with Crippen molar-refractivity contribution in [1.29, 1.82) is 0 Å². The first-order valence-corrected chi connectivity index (χ1v) is 13.0. The predicted molar refractivity (Wildman–Crippen MR) is 150 cm³/mol. The average molecular weight is 532 g/mol. The first-order valence-electron chi connectivity index (χ1n) is 13.0. The van der Waals surface area contributed by atoms with Gasteiger partial charge in [0, 0.05) is 12.5 Å². The minimum absolute atomic E-state index is 0.154. The van der Waals surface area contributed by atoms with Crippen molar-refractivity contribution >= 4 is 11.8 Å². The average Bonchev–Trinajstić information content (AvgIpc) is 2.93. The van der Waals surface area contributed by atoms with Gasteiger partial charge in [-0.15, -0.1) is 0 Å². The Morgan fingerprint density at radius 3 is 1.90 bits per heavy atom. The van der Waals surface area contributed by atoms with Crippen LogP contribution in [0.2, 0.25) is 0 Å². The first-order chi connectivity index (χ1) is 18.7. The molecule has 3 aromatic rings. The molecule has 3 aromatic carbocycles. The van der Waals surface area contributed by atoms with E-state index in [9.17, 15) is 24.9 Å². The maximum atomic E-state index is 13.3. The van der Waals surface area contributed by atoms with Crippen LogP contribution in [0.25, 0.3) is 0 Å². The van der Waals surface area contributed by atoms with E-state index in [1.807, 2.05) is 60.7 Å². The van der Waals surface area contributed by atoms with Crippen LogP contribution in [0.5, 0.6) is 5.75 Å². The number of phenolic OH excluding ortho intramolecular Hbond substituents is 1. The molecule has 0 saturated heterocycles. The maximum Gasteiger partial charge on any atom is 0.240 e. The van der Waals surface area contributed by atoms with Gasteiger partial charge in [0.05, 0.1) is 18.1 Å². The molecule has 8 N–H and O–H groups in total. The van der Waals surface area contributed by atoms with Crippen LogP contribution >= 0.6 is 0 Å². The fraction of sp³-hybridized carbons (Fsp3) is 0.290. The molecule has 0 aliphatic carbocycles. The number of aliphatic hydroxyl groups excluding tert-OH is 2. The van der Waals surface area contributed by atoms with Gasteiger partial charge in [-0.3, -0.25) is 9.59 Å². The van der Waals surface area contributed by atoms with Crippen LogP contribution in [0.1, 0.15) is 23.1 Å². The molecule has 206 valence electrons. The van der Waals surface area contributed by atoms with Crippen molar-refractivity contribution in [2.45, 2.75) is 50.0 Å². The number of hydrogen-bond donors (Lipinski definition) is 6. The summed E-state index contributed by atoms with van der Waals surface area (Å²) < 4.78 is 0. The lowest BCUT2D eigenvalue weighted by molar-refractivity contribution is -0.131. The summed E-state index contributed by atoms with van der Waals surface area (Å²) >= 11 is 0. The summed E-state index contributed by atoms with van der Waals surface area (Å²) in [5.41, 5.74) is 14.3. The van der Waals surface area contributed by atoms with Crippen molar-refractivity contribution in [3.63, 3.8) is 0 Å². The molecular weight excluding hydrogens is 494 g/mol. The third-order valence-electron chi connectivity index (χ3n) is 6.60. The predicted octanol–water partition coefficient (Wildman–Crippen LogP) is 2.00. The highest BCUT2D eigenvalue weighted by molar-refractivity contribution is 5.88. The zero-order chi connectivity index (χ0) is 28.2. The SMILES string of the molecule is NC(=O)[C@H](Cc1ccccc1)NC(=O)[C@H](Cc1ccccc1)[C@@H](O)C=CC[C@@H](O)[C@@H](N)Cc1ccc(O)cc1. The van der Waals surface area contributed by atoms with Crippen molar-refractivity contribution in [1.82, 2.24) is 5.32 Å². The minimum Gasteiger partial charge on any atom is -0.508 e. The van der Waals surface area contributed by atoms with E-state index in [2.05, 4.69) is 5.32 Å². The number of rotatable bonds is 14. The van der Waals surface area contributed by atoms with E-state index in [0.29, 0.717) is 6.42 Å². The van der Waals surface area contributed by atoms with Gasteiger partial charge in [0.25, 0.3) is 0 Å². The van der Waals surface area contributed by atoms with Crippen LogP contribution in [0, 0.1) is 5.92 Å². The van der Waals surface area contributed by atoms with E-state index < -0.39 is 42.0 Å². The summed E-state index contributed by atoms with van der Waals surface area (Å²) in [6, 6.07) is 23.6. The second-order valence-electron chi connectivity index (χ2n) is 9.71. The number of benzene rings is 3. The Morgan fingerprint density at radius 2 is 1.33 bits per heavy atom. The van der Waals surface area contributed by atoms with Gasteiger partial charge < -0.3 is 32.1 Å². The molecule has 0 unspecified atom stereocenters. The molecule has 5 atom stereocenters. The molecule has 39 heavy (non-hydrogen) atoms. The molecular formula is C31H37N3O5. The van der Waals surface area contributed by atoms with Gasteiger partial charge >= 0.3 is 0 Å². The molecule has 0 spiro atoms. The molecule has 8 heteroatoms. The third kappa shape index (κ3) is 9.68. The number of amides is 2. The molecule has 0 bridgehead atoms. The highest BCUT2D eigenvalue weighted by atomic mass is 16.3. The summed E-state index contributed by atoms with van der Waals surface area (Å²) in [4.78, 5) is 25.5. The summed E-state index contributed by atoms with van der Waals surface area (Å²) in [5, 5.41) is 33.6. The summed E-state index contributed by atoms with van der Waals surface area (Å²) in [5.74, 6) is -1.91. The van der Waals surface area contributed by atoms with E-state index in [1.165, 1.54) is 6.08 Å². The van der Waals surface area contributed by atoms with E-state index in [0.717, 1.165) is 16.7 Å². The molecule has 2 amide bonds. The number of phenols is 1. The van der Waals surface area contributed by atoms with Crippen molar-refractivity contribution in [3.8, 4) is 5.75 Å². The Kier molecular flexibility index (Phi) is 11.2. The largest absolute Gasteiger partial charge is 0.508 e. The number of carbonyl (C=O) groups is 2. The number of carbonyl (C=O) groups excluding carboxylic acids is 2. The molecule has 0 fully saturated rings. The standard InChI is InChI=1S/C31H37N3O5/c32-26(19-23-14-16-24(35)17-15-23)29(37)13-7-12-28(36)25(18-21-8-3-1-4-9-21)31(39)34-27(30(33)38)20-22-10-5-2-6-11-22/h1-12,14-17,25-29,35-37H,13,18-20,32H2,(H2,33,38)(H,34,39)/t25-,26+,27+,28+,29-/m1/s1. The molecule has 0 saturated carbocycles. The fourth-order valence-electron chi connectivity index (χ4n) is 4.29. The Balaban J connectivity index is 1.66. The Bertz CT molecular complexity index is 1200. The first kappa shape index (κ1) is 29.6. The molecule has 3 rings (SSSR count). The lowest BCUT2D eigenvalue weighted by Crippen LogP contribution is -2.50. The molecule has 0 radical (unpaired) electrons. The van der Waals surface area contributed by atoms with Crippen LogP contribution in [-0.4, -0.2) is 51.4 Å². The monoisotopic (exact) mass is 531 g/mol. The van der Waals surface area contributed by atoms with Gasteiger partial charge in [-0.2, -0.15) is 0 Å². The second-order valence-corrected chi connectivity index (χ2v) is 9.71. The van der Waals surface area contributed by atoms with Crippen LogP contribution < -0.4 is 16.8 Å². The van der Waals surface area contributed by atoms with Gasteiger partial charge in [-0.1, -0.05) is 84.9 Å². The van der Waals surface area contributed by atoms with Crippen LogP contribution in [0.3, 0.4) is 0 Å². The summed E-state index contributed by atoms with van der Waals surface area (Å²) in [6.07, 6.45) is 2.06.